The summed E-state index contributed by atoms with van der Waals surface area (Å²) in [6.07, 6.45) is 10.6. The second kappa shape index (κ2) is 48.0. The Morgan fingerprint density at radius 3 is 1.78 bits per heavy atom. The fourth-order valence-corrected chi connectivity index (χ4v) is 11.4. The van der Waals surface area contributed by atoms with Gasteiger partial charge in [-0.3, -0.25) is 38.1 Å². The maximum Gasteiger partial charge on any atom is 0.325 e. The second-order valence-electron chi connectivity index (χ2n) is 23.4. The number of nitrogens with one attached hydrogen (secondary N) is 3. The summed E-state index contributed by atoms with van der Waals surface area (Å²) >= 11 is 3.99. The minimum absolute atomic E-state index is 0.0342. The third kappa shape index (κ3) is 36.5. The molecule has 1 aliphatic rings. The molecular formula is C63H107N8O18PS. The summed E-state index contributed by atoms with van der Waals surface area (Å²) in [6.45, 7) is 13.9. The molecule has 1 saturated heterocycles. The monoisotopic (exact) mass is 1330 g/mol. The van der Waals surface area contributed by atoms with Crippen molar-refractivity contribution >= 4 is 61.3 Å². The van der Waals surface area contributed by atoms with Crippen LogP contribution in [0.4, 0.5) is 0 Å². The van der Waals surface area contributed by atoms with Gasteiger partial charge in [-0.25, -0.2) is 4.98 Å². The molecule has 1 aromatic heterocycles. The highest BCUT2D eigenvalue weighted by Gasteiger charge is 2.38. The maximum absolute atomic E-state index is 14.5. The highest BCUT2D eigenvalue weighted by Crippen LogP contribution is 2.39. The van der Waals surface area contributed by atoms with Crippen LogP contribution in [-0.2, 0) is 95.4 Å². The van der Waals surface area contributed by atoms with Gasteiger partial charge in [0.1, 0.15) is 6.04 Å². The predicted octanol–water partition coefficient (Wildman–Crippen LogP) is 3.38. The minimum atomic E-state index is -4.55. The molecule has 26 nitrogen and oxygen atoms in total. The average molecular weight is 1330 g/mol. The van der Waals surface area contributed by atoms with Crippen molar-refractivity contribution in [3.05, 3.63) is 54.1 Å². The quantitative estimate of drug-likeness (QED) is 0.0267. The first-order chi connectivity index (χ1) is 43.7. The molecule has 1 fully saturated rings. The number of aryl methyl sites for hydroxylation is 2. The summed E-state index contributed by atoms with van der Waals surface area (Å²) < 4.78 is 57.9. The van der Waals surface area contributed by atoms with Gasteiger partial charge in [0, 0.05) is 62.5 Å². The molecule has 91 heavy (non-hydrogen) atoms. The van der Waals surface area contributed by atoms with E-state index in [4.69, 9.17) is 49.4 Å². The molecule has 0 radical (unpaired) electrons. The van der Waals surface area contributed by atoms with Gasteiger partial charge in [-0.15, -0.1) is 0 Å². The van der Waals surface area contributed by atoms with Crippen molar-refractivity contribution in [2.45, 2.75) is 148 Å². The Labute approximate surface area is 543 Å². The van der Waals surface area contributed by atoms with Gasteiger partial charge < -0.3 is 84.6 Å². The zero-order valence-electron chi connectivity index (χ0n) is 54.2. The minimum Gasteiger partial charge on any atom is -0.379 e. The molecule has 2 heterocycles. The second-order valence-corrected chi connectivity index (χ2v) is 25.5. The molecule has 1 aliphatic heterocycles. The Kier molecular flexibility index (Phi) is 42.5. The highest BCUT2D eigenvalue weighted by molar-refractivity contribution is 7.80. The van der Waals surface area contributed by atoms with Crippen molar-refractivity contribution in [3.63, 3.8) is 0 Å². The zero-order chi connectivity index (χ0) is 66.7. The van der Waals surface area contributed by atoms with E-state index in [-0.39, 0.29) is 69.0 Å². The van der Waals surface area contributed by atoms with Crippen LogP contribution in [0.2, 0.25) is 0 Å². The Morgan fingerprint density at radius 2 is 1.24 bits per heavy atom. The molecule has 2 aromatic rings. The van der Waals surface area contributed by atoms with Gasteiger partial charge in [-0.05, 0) is 62.8 Å². The Hall–Kier alpha value is -4.74. The number of nitrogens with two attached hydrogens (primary N) is 2. The van der Waals surface area contributed by atoms with Crippen LogP contribution in [-0.4, -0.2) is 220 Å². The first-order valence-corrected chi connectivity index (χ1v) is 34.7. The van der Waals surface area contributed by atoms with Crippen LogP contribution in [0.15, 0.2) is 42.9 Å². The van der Waals surface area contributed by atoms with Crippen molar-refractivity contribution in [2.75, 3.05) is 131 Å². The van der Waals surface area contributed by atoms with Crippen LogP contribution >= 0.6 is 20.2 Å². The third-order valence-corrected chi connectivity index (χ3v) is 16.7. The predicted molar refractivity (Wildman–Crippen MR) is 345 cm³/mol. The number of likely N-dealkylation sites (tertiary alicyclic amines) is 1. The number of ketones is 2. The molecule has 3 rings (SSSR count). The number of rotatable bonds is 56. The van der Waals surface area contributed by atoms with Gasteiger partial charge in [0.2, 0.25) is 29.5 Å². The Balaban J connectivity index is 1.40. The van der Waals surface area contributed by atoms with Crippen molar-refractivity contribution in [3.8, 4) is 0 Å². The van der Waals surface area contributed by atoms with Crippen molar-refractivity contribution in [1.29, 1.82) is 0 Å². The summed E-state index contributed by atoms with van der Waals surface area (Å²) in [5.41, 5.74) is 13.2. The van der Waals surface area contributed by atoms with Gasteiger partial charge >= 0.3 is 7.60 Å². The Morgan fingerprint density at radius 1 is 0.703 bits per heavy atom. The fraction of sp³-hybridized carbons (Fsp3) is 0.746. The molecule has 1 unspecified atom stereocenters. The molecule has 0 aliphatic carbocycles. The number of benzene rings is 1. The number of hydrogen-bond acceptors (Lipinski definition) is 19. The number of Topliss-reactive ketones (excluding diaryl/α,β-unsaturated/α-hetero) is 2. The summed E-state index contributed by atoms with van der Waals surface area (Å²) in [5.74, 6) is -6.45. The summed E-state index contributed by atoms with van der Waals surface area (Å²) in [5, 5.41) is 8.33. The number of thiol groups is 1. The lowest BCUT2D eigenvalue weighted by Gasteiger charge is -2.28. The van der Waals surface area contributed by atoms with E-state index in [1.165, 1.54) is 24.3 Å². The molecule has 1 aromatic carbocycles. The van der Waals surface area contributed by atoms with Crippen LogP contribution in [0.25, 0.3) is 0 Å². The largest absolute Gasteiger partial charge is 0.379 e. The van der Waals surface area contributed by atoms with Gasteiger partial charge in [-0.1, -0.05) is 76.8 Å². The normalized spacial score (nSPS) is 15.4. The Bertz CT molecular complexity index is 2430. The standard InChI is InChI=1S/C63H107N8O18PS/c1-47(2)39-55(69-63(78)56-18-14-22-71(56)59(74)19-23-82-25-27-84-29-31-86-33-35-88-37-38-89-36-34-87-32-30-85-28-26-83-24-20-67-62(77)54(64)45-91)58(73)41-51(61(76)68-49(4)57(72)42-53(60(65)75)48(3)44-90(79,80)81)40-52-43-66-46-70(52)21-13-8-6-5-7-10-15-50-16-11-9-12-17-50/h9,11-12,16-17,43,46-49,51,53-56,91H,5-8,10,13-15,18-42,44-45,64H2,1-4H3,(H2,65,75)(H,67,77)(H,68,76)(H,69,78)(H2,79,80,81)/t48-,49-,51+,53-,54-,55-,56?/m0/s1. The summed E-state index contributed by atoms with van der Waals surface area (Å²) in [6, 6.07) is 6.82. The number of ether oxygens (including phenoxy) is 8. The lowest BCUT2D eigenvalue weighted by Crippen LogP contribution is -2.52. The van der Waals surface area contributed by atoms with E-state index in [0.717, 1.165) is 44.9 Å². The number of carbonyl (C=O) groups is 7. The van der Waals surface area contributed by atoms with E-state index in [2.05, 4.69) is 57.8 Å². The van der Waals surface area contributed by atoms with Crippen molar-refractivity contribution < 1.29 is 85.8 Å². The molecule has 518 valence electrons. The zero-order valence-corrected chi connectivity index (χ0v) is 56.0. The topological polar surface area (TPSA) is 360 Å². The van der Waals surface area contributed by atoms with E-state index < -0.39 is 91.4 Å². The van der Waals surface area contributed by atoms with Gasteiger partial charge in [0.05, 0.1) is 149 Å². The molecule has 5 amide bonds. The highest BCUT2D eigenvalue weighted by atomic mass is 32.1. The van der Waals surface area contributed by atoms with Gasteiger partial charge in [0.25, 0.3) is 0 Å². The number of carbonyl (C=O) groups excluding carboxylic acids is 7. The van der Waals surface area contributed by atoms with E-state index in [1.807, 2.05) is 24.5 Å². The maximum atomic E-state index is 14.5. The average Bonchev–Trinajstić information content (AvgIpc) is 2.07. The third-order valence-electron chi connectivity index (χ3n) is 15.3. The number of nitrogens with zero attached hydrogens (tertiary/aromatic N) is 3. The van der Waals surface area contributed by atoms with Crippen LogP contribution in [0.1, 0.15) is 116 Å². The molecule has 7 atom stereocenters. The van der Waals surface area contributed by atoms with Crippen LogP contribution < -0.4 is 27.4 Å². The number of hydrogen-bond donors (Lipinski definition) is 8. The number of aromatic nitrogens is 2. The van der Waals surface area contributed by atoms with Gasteiger partial charge in [-0.2, -0.15) is 12.6 Å². The molecule has 0 saturated carbocycles. The van der Waals surface area contributed by atoms with E-state index in [9.17, 15) is 47.9 Å². The lowest BCUT2D eigenvalue weighted by molar-refractivity contribution is -0.140. The van der Waals surface area contributed by atoms with E-state index in [1.54, 1.807) is 12.5 Å². The lowest BCUT2D eigenvalue weighted by atomic mass is 9.87. The molecule has 28 heteroatoms. The molecule has 9 N–H and O–H groups in total. The van der Waals surface area contributed by atoms with Crippen LogP contribution in [0.5, 0.6) is 0 Å². The first kappa shape index (κ1) is 80.5. The van der Waals surface area contributed by atoms with Gasteiger partial charge in [0.15, 0.2) is 11.6 Å². The first-order valence-electron chi connectivity index (χ1n) is 32.3. The fourth-order valence-electron chi connectivity index (χ4n) is 10.2. The van der Waals surface area contributed by atoms with Crippen LogP contribution in [0.3, 0.4) is 0 Å². The summed E-state index contributed by atoms with van der Waals surface area (Å²) in [7, 11) is -4.55. The molecular weight excluding hydrogens is 1220 g/mol. The van der Waals surface area contributed by atoms with Crippen LogP contribution in [0, 0.1) is 23.7 Å². The van der Waals surface area contributed by atoms with E-state index in [0.29, 0.717) is 124 Å². The van der Waals surface area contributed by atoms with Crippen molar-refractivity contribution in [2.24, 2.45) is 35.1 Å². The number of amides is 5. The molecule has 0 spiro atoms. The van der Waals surface area contributed by atoms with E-state index >= 15 is 0 Å². The molecule has 0 bridgehead atoms. The number of imidazole rings is 1. The summed E-state index contributed by atoms with van der Waals surface area (Å²) in [4.78, 5) is 119. The SMILES string of the molecule is CC(C)C[C@H](NC(=O)C1CCCN1C(=O)CCOCCOCCOCCOCCOCCOCCOCCOCCNC(=O)[C@@H](N)CS)C(=O)C[C@@H](Cc1cncn1CCCCCCCCc1ccccc1)C(=O)N[C@@H](C)C(=O)C[C@H](C(N)=O)[C@@H](C)CP(=O)(O)O. The number of primary amides is 1. The van der Waals surface area contributed by atoms with Crippen molar-refractivity contribution in [1.82, 2.24) is 30.4 Å². The number of unbranched alkanes of at least 4 members (excludes halogenated alkanes) is 5. The smallest absolute Gasteiger partial charge is 0.325 e.